The molecule has 1 aromatic carbocycles. The first kappa shape index (κ1) is 14.5. The zero-order chi connectivity index (χ0) is 14.6. The van der Waals surface area contributed by atoms with Crippen LogP contribution in [0.15, 0.2) is 35.5 Å². The molecule has 0 bridgehead atoms. The Kier molecular flexibility index (Phi) is 4.35. The molecule has 0 saturated carbocycles. The third kappa shape index (κ3) is 3.34. The highest BCUT2D eigenvalue weighted by Crippen LogP contribution is 2.19. The number of nitrogens with one attached hydrogen (secondary N) is 3. The Hall–Kier alpha value is -1.93. The van der Waals surface area contributed by atoms with Gasteiger partial charge in [0.25, 0.3) is 10.0 Å². The summed E-state index contributed by atoms with van der Waals surface area (Å²) in [7, 11) is -3.97. The largest absolute Gasteiger partial charge is 0.313 e. The summed E-state index contributed by atoms with van der Waals surface area (Å²) in [5.41, 5.74) is 0.947. The van der Waals surface area contributed by atoms with Crippen molar-refractivity contribution < 1.29 is 12.8 Å². The Morgan fingerprint density at radius 3 is 2.85 bits per heavy atom. The van der Waals surface area contributed by atoms with Gasteiger partial charge in [-0.3, -0.25) is 9.82 Å². The van der Waals surface area contributed by atoms with Gasteiger partial charge >= 0.3 is 0 Å². The highest BCUT2D eigenvalue weighted by atomic mass is 32.2. The monoisotopic (exact) mass is 298 g/mol. The predicted molar refractivity (Wildman–Crippen MR) is 73.2 cm³/mol. The zero-order valence-corrected chi connectivity index (χ0v) is 11.7. The lowest BCUT2D eigenvalue weighted by Crippen LogP contribution is -2.16. The average molecular weight is 298 g/mol. The van der Waals surface area contributed by atoms with Gasteiger partial charge in [-0.25, -0.2) is 12.8 Å². The number of rotatable bonds is 6. The Morgan fingerprint density at radius 2 is 2.20 bits per heavy atom. The van der Waals surface area contributed by atoms with E-state index >= 15 is 0 Å². The molecule has 20 heavy (non-hydrogen) atoms. The molecule has 0 aliphatic carbocycles. The summed E-state index contributed by atoms with van der Waals surface area (Å²) < 4.78 is 40.3. The number of hydrogen-bond acceptors (Lipinski definition) is 4. The third-order valence-corrected chi connectivity index (χ3v) is 4.01. The standard InChI is InChI=1S/C12H15FN4O2S/c1-2-14-6-9-3-4-11(13)12(5-9)20(18,19)17-10-7-15-16-8-10/h3-5,7-8,14,17H,2,6H2,1H3,(H,15,16). The number of halogens is 1. The van der Waals surface area contributed by atoms with Crippen molar-refractivity contribution in [2.24, 2.45) is 0 Å². The number of benzene rings is 1. The minimum Gasteiger partial charge on any atom is -0.313 e. The van der Waals surface area contributed by atoms with Crippen molar-refractivity contribution in [3.8, 4) is 0 Å². The lowest BCUT2D eigenvalue weighted by molar-refractivity contribution is 0.568. The molecule has 0 amide bonds. The van der Waals surface area contributed by atoms with Crippen molar-refractivity contribution in [1.29, 1.82) is 0 Å². The van der Waals surface area contributed by atoms with Gasteiger partial charge in [-0.15, -0.1) is 0 Å². The Morgan fingerprint density at radius 1 is 1.40 bits per heavy atom. The first-order valence-corrected chi connectivity index (χ1v) is 7.52. The molecule has 1 heterocycles. The summed E-state index contributed by atoms with van der Waals surface area (Å²) in [6.07, 6.45) is 2.68. The van der Waals surface area contributed by atoms with Crippen molar-refractivity contribution in [3.05, 3.63) is 42.0 Å². The maximum Gasteiger partial charge on any atom is 0.264 e. The normalized spacial score (nSPS) is 11.5. The number of sulfonamides is 1. The number of hydrogen-bond donors (Lipinski definition) is 3. The second-order valence-corrected chi connectivity index (χ2v) is 5.79. The van der Waals surface area contributed by atoms with E-state index < -0.39 is 15.8 Å². The van der Waals surface area contributed by atoms with Crippen LogP contribution in [0.1, 0.15) is 12.5 Å². The Balaban J connectivity index is 2.30. The van der Waals surface area contributed by atoms with Gasteiger partial charge in [-0.2, -0.15) is 5.10 Å². The Labute approximate surface area is 116 Å². The number of H-pyrrole nitrogens is 1. The van der Waals surface area contributed by atoms with Crippen molar-refractivity contribution in [3.63, 3.8) is 0 Å². The van der Waals surface area contributed by atoms with Crippen molar-refractivity contribution >= 4 is 15.7 Å². The van der Waals surface area contributed by atoms with Gasteiger partial charge in [-0.05, 0) is 24.2 Å². The van der Waals surface area contributed by atoms with Crippen LogP contribution in [0.2, 0.25) is 0 Å². The van der Waals surface area contributed by atoms with Crippen LogP contribution in [0.4, 0.5) is 10.1 Å². The molecule has 0 aliphatic rings. The van der Waals surface area contributed by atoms with Crippen LogP contribution in [0.3, 0.4) is 0 Å². The van der Waals surface area contributed by atoms with Gasteiger partial charge in [-0.1, -0.05) is 13.0 Å². The van der Waals surface area contributed by atoms with Gasteiger partial charge in [0.15, 0.2) is 0 Å². The fourth-order valence-electron chi connectivity index (χ4n) is 1.65. The first-order chi connectivity index (χ1) is 9.53. The van der Waals surface area contributed by atoms with E-state index in [2.05, 4.69) is 20.2 Å². The molecule has 0 aliphatic heterocycles. The molecular formula is C12H15FN4O2S. The molecule has 108 valence electrons. The number of nitrogens with zero attached hydrogens (tertiary/aromatic N) is 1. The second-order valence-electron chi connectivity index (χ2n) is 4.14. The fourth-order valence-corrected chi connectivity index (χ4v) is 2.81. The van der Waals surface area contributed by atoms with Crippen LogP contribution in [-0.2, 0) is 16.6 Å². The number of anilines is 1. The summed E-state index contributed by atoms with van der Waals surface area (Å²) in [5, 5.41) is 9.16. The van der Waals surface area contributed by atoms with E-state index in [1.54, 1.807) is 6.07 Å². The predicted octanol–water partition coefficient (Wildman–Crippen LogP) is 1.46. The molecule has 0 radical (unpaired) electrons. The molecule has 3 N–H and O–H groups in total. The van der Waals surface area contributed by atoms with Gasteiger partial charge in [0, 0.05) is 12.7 Å². The van der Waals surface area contributed by atoms with Crippen LogP contribution in [0.25, 0.3) is 0 Å². The first-order valence-electron chi connectivity index (χ1n) is 6.03. The van der Waals surface area contributed by atoms with E-state index in [-0.39, 0.29) is 10.6 Å². The smallest absolute Gasteiger partial charge is 0.264 e. The number of aromatic amines is 1. The summed E-state index contributed by atoms with van der Waals surface area (Å²) >= 11 is 0. The van der Waals surface area contributed by atoms with Crippen LogP contribution >= 0.6 is 0 Å². The zero-order valence-electron chi connectivity index (χ0n) is 10.9. The molecule has 0 saturated heterocycles. The molecule has 8 heteroatoms. The minimum absolute atomic E-state index is 0.251. The number of aromatic nitrogens is 2. The molecule has 2 rings (SSSR count). The average Bonchev–Trinajstić information content (AvgIpc) is 2.89. The van der Waals surface area contributed by atoms with E-state index in [0.29, 0.717) is 12.1 Å². The second kappa shape index (κ2) is 6.02. The van der Waals surface area contributed by atoms with Gasteiger partial charge < -0.3 is 5.32 Å². The van der Waals surface area contributed by atoms with Crippen LogP contribution in [0, 0.1) is 5.82 Å². The van der Waals surface area contributed by atoms with Crippen molar-refractivity contribution in [2.45, 2.75) is 18.4 Å². The molecule has 1 aromatic heterocycles. The van der Waals surface area contributed by atoms with Gasteiger partial charge in [0.1, 0.15) is 10.7 Å². The summed E-state index contributed by atoms with van der Waals surface area (Å²) in [5.74, 6) is -0.791. The quantitative estimate of drug-likeness (QED) is 0.753. The molecule has 0 spiro atoms. The van der Waals surface area contributed by atoms with Gasteiger partial charge in [0.05, 0.1) is 11.9 Å². The molecule has 0 fully saturated rings. The van der Waals surface area contributed by atoms with E-state index in [4.69, 9.17) is 0 Å². The van der Waals surface area contributed by atoms with Crippen molar-refractivity contribution in [2.75, 3.05) is 11.3 Å². The SMILES string of the molecule is CCNCc1ccc(F)c(S(=O)(=O)Nc2cn[nH]c2)c1. The lowest BCUT2D eigenvalue weighted by Gasteiger charge is -2.09. The summed E-state index contributed by atoms with van der Waals surface area (Å²) in [6.45, 7) is 3.15. The van der Waals surface area contributed by atoms with Crippen LogP contribution in [-0.4, -0.2) is 25.2 Å². The highest BCUT2D eigenvalue weighted by molar-refractivity contribution is 7.92. The summed E-state index contributed by atoms with van der Waals surface area (Å²) in [4.78, 5) is -0.380. The summed E-state index contributed by atoms with van der Waals surface area (Å²) in [6, 6.07) is 4.02. The molecule has 2 aromatic rings. The maximum atomic E-state index is 13.8. The van der Waals surface area contributed by atoms with Crippen molar-refractivity contribution in [1.82, 2.24) is 15.5 Å². The topological polar surface area (TPSA) is 86.9 Å². The van der Waals surface area contributed by atoms with E-state index in [1.165, 1.54) is 18.5 Å². The van der Waals surface area contributed by atoms with E-state index in [1.807, 2.05) is 6.92 Å². The molecule has 6 nitrogen and oxygen atoms in total. The molecular weight excluding hydrogens is 283 g/mol. The van der Waals surface area contributed by atoms with Crippen LogP contribution in [0.5, 0.6) is 0 Å². The van der Waals surface area contributed by atoms with E-state index in [0.717, 1.165) is 12.6 Å². The Bertz CT molecular complexity index is 671. The lowest BCUT2D eigenvalue weighted by atomic mass is 10.2. The fraction of sp³-hybridized carbons (Fsp3) is 0.250. The van der Waals surface area contributed by atoms with Crippen LogP contribution < -0.4 is 10.0 Å². The highest BCUT2D eigenvalue weighted by Gasteiger charge is 2.20. The van der Waals surface area contributed by atoms with E-state index in [9.17, 15) is 12.8 Å². The maximum absolute atomic E-state index is 13.8. The molecule has 0 unspecified atom stereocenters. The molecule has 0 atom stereocenters. The minimum atomic E-state index is -3.97. The third-order valence-electron chi connectivity index (χ3n) is 2.61. The van der Waals surface area contributed by atoms with Gasteiger partial charge in [0.2, 0.25) is 0 Å².